The number of rotatable bonds is 7. The minimum absolute atomic E-state index is 0.0135. The molecule has 9 nitrogen and oxygen atoms in total. The van der Waals surface area contributed by atoms with Crippen molar-refractivity contribution in [3.05, 3.63) is 53.1 Å². The van der Waals surface area contributed by atoms with Crippen LogP contribution in [0.3, 0.4) is 0 Å². The highest BCUT2D eigenvalue weighted by Gasteiger charge is 2.12. The number of carbonyl (C=O) groups excluding carboxylic acids is 2. The maximum absolute atomic E-state index is 12.3. The quantitative estimate of drug-likeness (QED) is 0.376. The van der Waals surface area contributed by atoms with Gasteiger partial charge >= 0.3 is 0 Å². The third kappa shape index (κ3) is 5.65. The second-order valence-electron chi connectivity index (χ2n) is 5.87. The fourth-order valence-corrected chi connectivity index (χ4v) is 3.08. The lowest BCUT2D eigenvalue weighted by atomic mass is 10.2. The van der Waals surface area contributed by atoms with Crippen LogP contribution in [0.25, 0.3) is 11.4 Å². The molecule has 0 fully saturated rings. The third-order valence-corrected chi connectivity index (χ3v) is 4.94. The molecule has 3 rings (SSSR count). The van der Waals surface area contributed by atoms with Gasteiger partial charge in [0.25, 0.3) is 5.91 Å². The summed E-state index contributed by atoms with van der Waals surface area (Å²) in [4.78, 5) is 28.6. The standard InChI is InChI=1S/C19H18ClN5O4S/c1-28-14-7-12(8-15(9-14)29-2)18(27)24-22-16(26)10-30-19-21-17(23-25-19)11-3-5-13(20)6-4-11/h3-9H,10H2,1-2H3,(H,22,26)(H,24,27)(H,21,23,25). The van der Waals surface area contributed by atoms with Gasteiger partial charge in [0.15, 0.2) is 5.82 Å². The Hall–Kier alpha value is -3.24. The van der Waals surface area contributed by atoms with Gasteiger partial charge in [0.1, 0.15) is 11.5 Å². The second-order valence-corrected chi connectivity index (χ2v) is 7.24. The van der Waals surface area contributed by atoms with E-state index in [0.717, 1.165) is 17.3 Å². The topological polar surface area (TPSA) is 118 Å². The summed E-state index contributed by atoms with van der Waals surface area (Å²) >= 11 is 7.00. The van der Waals surface area contributed by atoms with Gasteiger partial charge < -0.3 is 9.47 Å². The van der Waals surface area contributed by atoms with E-state index >= 15 is 0 Å². The van der Waals surface area contributed by atoms with E-state index in [-0.39, 0.29) is 11.3 Å². The molecule has 0 spiro atoms. The van der Waals surface area contributed by atoms with Crippen molar-refractivity contribution in [3.63, 3.8) is 0 Å². The predicted octanol–water partition coefficient (Wildman–Crippen LogP) is 2.70. The number of aromatic nitrogens is 3. The number of hydrogen-bond acceptors (Lipinski definition) is 7. The molecule has 3 N–H and O–H groups in total. The average molecular weight is 448 g/mol. The Bertz CT molecular complexity index is 1020. The highest BCUT2D eigenvalue weighted by molar-refractivity contribution is 7.99. The molecule has 2 amide bonds. The molecule has 1 heterocycles. The number of thioether (sulfide) groups is 1. The van der Waals surface area contributed by atoms with Crippen LogP contribution in [0.5, 0.6) is 11.5 Å². The first-order valence-corrected chi connectivity index (χ1v) is 9.98. The average Bonchev–Trinajstić information content (AvgIpc) is 3.25. The fraction of sp³-hybridized carbons (Fsp3) is 0.158. The van der Waals surface area contributed by atoms with E-state index in [4.69, 9.17) is 21.1 Å². The minimum atomic E-state index is -0.506. The van der Waals surface area contributed by atoms with Crippen molar-refractivity contribution >= 4 is 35.2 Å². The smallest absolute Gasteiger partial charge is 0.269 e. The number of nitrogens with one attached hydrogen (secondary N) is 3. The number of amides is 2. The van der Waals surface area contributed by atoms with Gasteiger partial charge in [-0.1, -0.05) is 23.4 Å². The first-order valence-electron chi connectivity index (χ1n) is 8.62. The lowest BCUT2D eigenvalue weighted by molar-refractivity contribution is -0.119. The Morgan fingerprint density at radius 3 is 2.37 bits per heavy atom. The van der Waals surface area contributed by atoms with Gasteiger partial charge in [0.05, 0.1) is 20.0 Å². The van der Waals surface area contributed by atoms with Gasteiger partial charge in [-0.05, 0) is 36.4 Å². The normalized spacial score (nSPS) is 10.4. The number of hydrazine groups is 1. The molecule has 0 aliphatic heterocycles. The van der Waals surface area contributed by atoms with Gasteiger partial charge in [-0.25, -0.2) is 4.98 Å². The Morgan fingerprint density at radius 1 is 1.07 bits per heavy atom. The number of aromatic amines is 1. The summed E-state index contributed by atoms with van der Waals surface area (Å²) in [6.45, 7) is 0. The number of H-pyrrole nitrogens is 1. The maximum Gasteiger partial charge on any atom is 0.269 e. The van der Waals surface area contributed by atoms with Gasteiger partial charge in [0, 0.05) is 22.2 Å². The van der Waals surface area contributed by atoms with Crippen LogP contribution in [0.15, 0.2) is 47.6 Å². The van der Waals surface area contributed by atoms with E-state index < -0.39 is 11.8 Å². The molecule has 0 aliphatic rings. The zero-order valence-corrected chi connectivity index (χ0v) is 17.6. The van der Waals surface area contributed by atoms with Crippen molar-refractivity contribution in [1.29, 1.82) is 0 Å². The van der Waals surface area contributed by atoms with Gasteiger partial charge in [-0.15, -0.1) is 5.10 Å². The second kappa shape index (κ2) is 9.99. The summed E-state index contributed by atoms with van der Waals surface area (Å²) in [5, 5.41) is 7.90. The molecule has 0 saturated carbocycles. The third-order valence-electron chi connectivity index (χ3n) is 3.84. The summed E-state index contributed by atoms with van der Waals surface area (Å²) in [6, 6.07) is 11.8. The van der Waals surface area contributed by atoms with E-state index in [9.17, 15) is 9.59 Å². The van der Waals surface area contributed by atoms with Crippen LogP contribution in [0.2, 0.25) is 5.02 Å². The van der Waals surface area contributed by atoms with Crippen molar-refractivity contribution in [1.82, 2.24) is 26.0 Å². The number of nitrogens with zero attached hydrogens (tertiary/aromatic N) is 2. The van der Waals surface area contributed by atoms with Crippen LogP contribution < -0.4 is 20.3 Å². The number of hydrogen-bond donors (Lipinski definition) is 3. The molecule has 1 aromatic heterocycles. The largest absolute Gasteiger partial charge is 0.497 e. The summed E-state index contributed by atoms with van der Waals surface area (Å²) in [5.74, 6) is 0.578. The van der Waals surface area contributed by atoms with E-state index in [1.165, 1.54) is 26.4 Å². The molecule has 0 saturated heterocycles. The molecule has 2 aromatic carbocycles. The first kappa shape index (κ1) is 21.5. The SMILES string of the molecule is COc1cc(OC)cc(C(=O)NNC(=O)CSc2n[nH]c(-c3ccc(Cl)cc3)n2)c1. The van der Waals surface area contributed by atoms with E-state index in [2.05, 4.69) is 26.0 Å². The number of halogens is 1. The van der Waals surface area contributed by atoms with Crippen LogP contribution in [0.1, 0.15) is 10.4 Å². The Labute approximate surface area is 181 Å². The van der Waals surface area contributed by atoms with Crippen molar-refractivity contribution < 1.29 is 19.1 Å². The van der Waals surface area contributed by atoms with Crippen LogP contribution in [-0.4, -0.2) is 47.0 Å². The van der Waals surface area contributed by atoms with E-state index in [0.29, 0.717) is 27.5 Å². The lowest BCUT2D eigenvalue weighted by Crippen LogP contribution is -2.42. The number of benzene rings is 2. The zero-order valence-electron chi connectivity index (χ0n) is 16.1. The molecule has 0 unspecified atom stereocenters. The lowest BCUT2D eigenvalue weighted by Gasteiger charge is -2.09. The molecule has 0 radical (unpaired) electrons. The zero-order chi connectivity index (χ0) is 21.5. The van der Waals surface area contributed by atoms with Crippen molar-refractivity contribution in [2.45, 2.75) is 5.16 Å². The van der Waals surface area contributed by atoms with Crippen LogP contribution >= 0.6 is 23.4 Å². The van der Waals surface area contributed by atoms with Gasteiger partial charge in [-0.3, -0.25) is 25.5 Å². The highest BCUT2D eigenvalue weighted by atomic mass is 35.5. The summed E-state index contributed by atoms with van der Waals surface area (Å²) in [5.41, 5.74) is 5.80. The van der Waals surface area contributed by atoms with Gasteiger partial charge in [-0.2, -0.15) is 0 Å². The molecular weight excluding hydrogens is 430 g/mol. The molecule has 0 aliphatic carbocycles. The fourth-order valence-electron chi connectivity index (χ4n) is 2.35. The number of ether oxygens (including phenoxy) is 2. The van der Waals surface area contributed by atoms with Crippen molar-refractivity contribution in [2.24, 2.45) is 0 Å². The monoisotopic (exact) mass is 447 g/mol. The molecular formula is C19H18ClN5O4S. The molecule has 156 valence electrons. The molecule has 0 bridgehead atoms. The Balaban J connectivity index is 1.51. The number of carbonyl (C=O) groups is 2. The maximum atomic E-state index is 12.3. The summed E-state index contributed by atoms with van der Waals surface area (Å²) in [6.07, 6.45) is 0. The van der Waals surface area contributed by atoms with Crippen molar-refractivity contribution in [3.8, 4) is 22.9 Å². The molecule has 3 aromatic rings. The molecule has 0 atom stereocenters. The Morgan fingerprint density at radius 2 is 1.73 bits per heavy atom. The van der Waals surface area contributed by atoms with E-state index in [1.807, 2.05) is 12.1 Å². The number of methoxy groups -OCH3 is 2. The van der Waals surface area contributed by atoms with Crippen LogP contribution in [0, 0.1) is 0 Å². The first-order chi connectivity index (χ1) is 14.5. The minimum Gasteiger partial charge on any atom is -0.497 e. The van der Waals surface area contributed by atoms with E-state index in [1.54, 1.807) is 18.2 Å². The predicted molar refractivity (Wildman–Crippen MR) is 113 cm³/mol. The summed E-state index contributed by atoms with van der Waals surface area (Å²) < 4.78 is 10.3. The highest BCUT2D eigenvalue weighted by Crippen LogP contribution is 2.23. The van der Waals surface area contributed by atoms with Gasteiger partial charge in [0.2, 0.25) is 11.1 Å². The molecule has 30 heavy (non-hydrogen) atoms. The molecule has 11 heteroatoms. The van der Waals surface area contributed by atoms with Crippen LogP contribution in [0.4, 0.5) is 0 Å². The van der Waals surface area contributed by atoms with Crippen LogP contribution in [-0.2, 0) is 4.79 Å². The van der Waals surface area contributed by atoms with Crippen molar-refractivity contribution in [2.75, 3.05) is 20.0 Å². The Kier molecular flexibility index (Phi) is 7.15. The summed E-state index contributed by atoms with van der Waals surface area (Å²) in [7, 11) is 2.97.